The summed E-state index contributed by atoms with van der Waals surface area (Å²) in [7, 11) is 2.29. The van der Waals surface area contributed by atoms with Crippen LogP contribution in [0.4, 0.5) is 0 Å². The number of hydrogen-bond donors (Lipinski definition) is 0. The lowest BCUT2D eigenvalue weighted by atomic mass is 9.71. The molecule has 2 nitrogen and oxygen atoms in total. The number of aryl methyl sites for hydroxylation is 1. The summed E-state index contributed by atoms with van der Waals surface area (Å²) in [6.45, 7) is 2.63. The molecule has 1 saturated heterocycles. The maximum absolute atomic E-state index is 2.81. The Morgan fingerprint density at radius 3 is 2.77 bits per heavy atom. The highest BCUT2D eigenvalue weighted by atomic mass is 15.2. The van der Waals surface area contributed by atoms with E-state index in [2.05, 4.69) is 40.8 Å². The molecule has 5 rings (SSSR count). The van der Waals surface area contributed by atoms with E-state index in [4.69, 9.17) is 0 Å². The monoisotopic (exact) mass is 294 g/mol. The molecule has 0 unspecified atom stereocenters. The number of piperidine rings is 1. The fourth-order valence-electron chi connectivity index (χ4n) is 5.67. The molecular weight excluding hydrogens is 268 g/mol. The van der Waals surface area contributed by atoms with Gasteiger partial charge in [0, 0.05) is 36.7 Å². The van der Waals surface area contributed by atoms with E-state index in [-0.39, 0.29) is 0 Å². The first-order valence-electron chi connectivity index (χ1n) is 9.13. The number of fused-ring (bicyclic) bond motifs is 6. The average molecular weight is 294 g/mol. The third-order valence-electron chi connectivity index (χ3n) is 6.73. The number of para-hydroxylation sites is 1. The zero-order valence-corrected chi connectivity index (χ0v) is 13.6. The number of benzene rings is 1. The molecule has 3 atom stereocenters. The van der Waals surface area contributed by atoms with Gasteiger partial charge in [0.25, 0.3) is 0 Å². The summed E-state index contributed by atoms with van der Waals surface area (Å²) < 4.78 is 2.50. The Labute approximate surface area is 133 Å². The Hall–Kier alpha value is -1.28. The molecule has 2 aliphatic heterocycles. The minimum absolute atomic E-state index is 0.681. The van der Waals surface area contributed by atoms with E-state index < -0.39 is 0 Å². The van der Waals surface area contributed by atoms with Crippen LogP contribution in [-0.2, 0) is 13.5 Å². The van der Waals surface area contributed by atoms with Crippen molar-refractivity contribution in [2.45, 2.75) is 44.6 Å². The Morgan fingerprint density at radius 2 is 1.86 bits per heavy atom. The minimum Gasteiger partial charge on any atom is -0.346 e. The lowest BCUT2D eigenvalue weighted by Crippen LogP contribution is -2.47. The quantitative estimate of drug-likeness (QED) is 0.704. The summed E-state index contributed by atoms with van der Waals surface area (Å²) in [6, 6.07) is 9.69. The van der Waals surface area contributed by atoms with Gasteiger partial charge in [0.15, 0.2) is 0 Å². The molecule has 1 aromatic carbocycles. The highest BCUT2D eigenvalue weighted by Crippen LogP contribution is 2.47. The lowest BCUT2D eigenvalue weighted by Gasteiger charge is -2.48. The van der Waals surface area contributed by atoms with Gasteiger partial charge in [-0.15, -0.1) is 0 Å². The number of hydrogen-bond acceptors (Lipinski definition) is 1. The van der Waals surface area contributed by atoms with Crippen LogP contribution in [0.5, 0.6) is 0 Å². The van der Waals surface area contributed by atoms with Gasteiger partial charge in [0.2, 0.25) is 0 Å². The van der Waals surface area contributed by atoms with Crippen molar-refractivity contribution in [1.82, 2.24) is 9.47 Å². The van der Waals surface area contributed by atoms with Crippen molar-refractivity contribution in [3.8, 4) is 0 Å². The molecule has 2 aromatic rings. The summed E-state index contributed by atoms with van der Waals surface area (Å²) in [5, 5.41) is 1.51. The van der Waals surface area contributed by atoms with Crippen LogP contribution in [0.25, 0.3) is 10.9 Å². The Kier molecular flexibility index (Phi) is 2.91. The summed E-state index contributed by atoms with van der Waals surface area (Å²) >= 11 is 0. The molecule has 1 saturated carbocycles. The topological polar surface area (TPSA) is 8.17 Å². The molecule has 0 bridgehead atoms. The summed E-state index contributed by atoms with van der Waals surface area (Å²) in [6.07, 6.45) is 8.55. The highest BCUT2D eigenvalue weighted by Gasteiger charge is 2.41. The lowest BCUT2D eigenvalue weighted by molar-refractivity contribution is 0.0293. The van der Waals surface area contributed by atoms with E-state index in [9.17, 15) is 0 Å². The zero-order valence-electron chi connectivity index (χ0n) is 13.6. The van der Waals surface area contributed by atoms with Gasteiger partial charge in [-0.05, 0) is 42.7 Å². The van der Waals surface area contributed by atoms with Crippen LogP contribution in [0.15, 0.2) is 24.3 Å². The predicted octanol–water partition coefficient (Wildman–Crippen LogP) is 4.29. The number of aromatic nitrogens is 1. The van der Waals surface area contributed by atoms with Gasteiger partial charge in [-0.1, -0.05) is 37.5 Å². The van der Waals surface area contributed by atoms with Crippen molar-refractivity contribution in [2.24, 2.45) is 18.9 Å². The van der Waals surface area contributed by atoms with Crippen LogP contribution in [-0.4, -0.2) is 22.6 Å². The molecule has 1 aromatic heterocycles. The molecule has 1 aliphatic carbocycles. The molecular formula is C20H26N2. The Balaban J connectivity index is 1.61. The maximum Gasteiger partial charge on any atom is 0.0506 e. The molecule has 116 valence electrons. The Bertz CT molecular complexity index is 714. The molecule has 2 heteroatoms. The predicted molar refractivity (Wildman–Crippen MR) is 91.0 cm³/mol. The van der Waals surface area contributed by atoms with Crippen molar-refractivity contribution < 1.29 is 0 Å². The van der Waals surface area contributed by atoms with Crippen LogP contribution in [0.3, 0.4) is 0 Å². The van der Waals surface area contributed by atoms with Crippen LogP contribution in [0.2, 0.25) is 0 Å². The first kappa shape index (κ1) is 13.2. The fourth-order valence-corrected chi connectivity index (χ4v) is 5.67. The van der Waals surface area contributed by atoms with Gasteiger partial charge in [-0.25, -0.2) is 0 Å². The molecule has 2 fully saturated rings. The average Bonchev–Trinajstić information content (AvgIpc) is 2.87. The number of rotatable bonds is 0. The van der Waals surface area contributed by atoms with E-state index in [0.29, 0.717) is 6.04 Å². The van der Waals surface area contributed by atoms with Gasteiger partial charge >= 0.3 is 0 Å². The van der Waals surface area contributed by atoms with Gasteiger partial charge in [-0.3, -0.25) is 4.90 Å². The van der Waals surface area contributed by atoms with Crippen LogP contribution < -0.4 is 0 Å². The smallest absolute Gasteiger partial charge is 0.0506 e. The van der Waals surface area contributed by atoms with E-state index in [1.54, 1.807) is 11.3 Å². The van der Waals surface area contributed by atoms with E-state index in [1.807, 2.05) is 0 Å². The standard InChI is InChI=1S/C20H26N2/c1-21-18-9-5-4-8-16(18)17-10-11-22-13-15-7-3-2-6-14(15)12-19(22)20(17)21/h4-5,8-9,14-15,19H,2-3,6-7,10-13H2,1H3/t14-,15-,19-/m0/s1. The summed E-state index contributed by atoms with van der Waals surface area (Å²) in [5.41, 5.74) is 4.71. The molecule has 0 radical (unpaired) electrons. The third-order valence-corrected chi connectivity index (χ3v) is 6.73. The van der Waals surface area contributed by atoms with E-state index in [0.717, 1.165) is 11.8 Å². The van der Waals surface area contributed by atoms with Crippen molar-refractivity contribution in [3.63, 3.8) is 0 Å². The third kappa shape index (κ3) is 1.76. The van der Waals surface area contributed by atoms with Crippen molar-refractivity contribution in [3.05, 3.63) is 35.5 Å². The second-order valence-electron chi connectivity index (χ2n) is 7.74. The maximum atomic E-state index is 2.81. The highest BCUT2D eigenvalue weighted by molar-refractivity contribution is 5.86. The molecule has 22 heavy (non-hydrogen) atoms. The normalized spacial score (nSPS) is 31.6. The first-order valence-corrected chi connectivity index (χ1v) is 9.13. The summed E-state index contributed by atoms with van der Waals surface area (Å²) in [4.78, 5) is 2.81. The Morgan fingerprint density at radius 1 is 1.05 bits per heavy atom. The van der Waals surface area contributed by atoms with Crippen LogP contribution in [0, 0.1) is 11.8 Å². The van der Waals surface area contributed by atoms with Crippen molar-refractivity contribution >= 4 is 10.9 Å². The molecule has 3 aliphatic rings. The van der Waals surface area contributed by atoms with Crippen LogP contribution in [0.1, 0.15) is 49.4 Å². The van der Waals surface area contributed by atoms with E-state index >= 15 is 0 Å². The van der Waals surface area contributed by atoms with Gasteiger partial charge in [0.1, 0.15) is 0 Å². The fraction of sp³-hybridized carbons (Fsp3) is 0.600. The second kappa shape index (κ2) is 4.86. The summed E-state index contributed by atoms with van der Waals surface area (Å²) in [5.74, 6) is 1.97. The van der Waals surface area contributed by atoms with Gasteiger partial charge < -0.3 is 4.57 Å². The zero-order chi connectivity index (χ0) is 14.7. The number of nitrogens with zero attached hydrogens (tertiary/aromatic N) is 2. The molecule has 3 heterocycles. The molecule has 0 spiro atoms. The van der Waals surface area contributed by atoms with E-state index in [1.165, 1.54) is 62.5 Å². The molecule has 0 N–H and O–H groups in total. The molecule has 0 amide bonds. The van der Waals surface area contributed by atoms with Gasteiger partial charge in [0.05, 0.1) is 6.04 Å². The SMILES string of the molecule is Cn1c2c(c3ccccc31)CCN1C[C@@H]3CCCC[C@H]3C[C@@H]21. The second-order valence-corrected chi connectivity index (χ2v) is 7.74. The minimum atomic E-state index is 0.681. The first-order chi connectivity index (χ1) is 10.8. The van der Waals surface area contributed by atoms with Crippen LogP contribution >= 0.6 is 0 Å². The van der Waals surface area contributed by atoms with Crippen molar-refractivity contribution in [1.29, 1.82) is 0 Å². The van der Waals surface area contributed by atoms with Crippen molar-refractivity contribution in [2.75, 3.05) is 13.1 Å². The van der Waals surface area contributed by atoms with Gasteiger partial charge in [-0.2, -0.15) is 0 Å². The largest absolute Gasteiger partial charge is 0.346 e.